The van der Waals surface area contributed by atoms with E-state index in [0.29, 0.717) is 6.42 Å². The number of rotatable bonds is 6. The summed E-state index contributed by atoms with van der Waals surface area (Å²) >= 11 is 0. The molecule has 0 spiro atoms. The van der Waals surface area contributed by atoms with Crippen LogP contribution in [0.15, 0.2) is 62.3 Å². The maximum Gasteiger partial charge on any atom is 0.307 e. The van der Waals surface area contributed by atoms with Crippen molar-refractivity contribution >= 4 is 62.2 Å². The quantitative estimate of drug-likeness (QED) is 0.107. The zero-order chi connectivity index (χ0) is 47.8. The molecular weight excluding hydrogens is 843 g/mol. The van der Waals surface area contributed by atoms with Crippen molar-refractivity contribution in [2.45, 2.75) is 92.8 Å². The Hall–Kier alpha value is -6.46. The molecule has 2 aliphatic heterocycles. The lowest BCUT2D eigenvalue weighted by molar-refractivity contribution is -0.155. The molecule has 8 atom stereocenters. The Bertz CT molecular complexity index is 2830. The van der Waals surface area contributed by atoms with Crippen LogP contribution in [-0.2, 0) is 28.6 Å². The first kappa shape index (κ1) is 48.0. The lowest BCUT2D eigenvalue weighted by Gasteiger charge is -2.34. The number of hydrogen-bond donors (Lipinski definition) is 4. The number of methoxy groups -OCH3 is 1. The first-order valence-corrected chi connectivity index (χ1v) is 21.4. The lowest BCUT2D eigenvalue weighted by Crippen LogP contribution is -2.39. The van der Waals surface area contributed by atoms with Gasteiger partial charge in [-0.25, -0.2) is 4.98 Å². The van der Waals surface area contributed by atoms with Gasteiger partial charge >= 0.3 is 11.8 Å². The Morgan fingerprint density at radius 1 is 1.02 bits per heavy atom. The zero-order valence-corrected chi connectivity index (χ0v) is 38.4. The Morgan fingerprint density at radius 3 is 2.38 bits per heavy atom. The van der Waals surface area contributed by atoms with E-state index in [1.165, 1.54) is 71.1 Å². The van der Waals surface area contributed by atoms with E-state index in [2.05, 4.69) is 10.3 Å². The van der Waals surface area contributed by atoms with Crippen molar-refractivity contribution in [3.05, 3.63) is 79.5 Å². The van der Waals surface area contributed by atoms with Gasteiger partial charge in [-0.2, -0.15) is 0 Å². The molecule has 3 heterocycles. The topological polar surface area (TPSA) is 233 Å². The number of fused-ring (bicyclic) bond motifs is 2. The maximum absolute atomic E-state index is 14.7. The van der Waals surface area contributed by atoms with Crippen molar-refractivity contribution in [3.63, 3.8) is 0 Å². The summed E-state index contributed by atoms with van der Waals surface area (Å²) in [4.78, 5) is 72.6. The van der Waals surface area contributed by atoms with Crippen LogP contribution < -0.4 is 30.9 Å². The number of carbonyl (C=O) groups excluding carboxylic acids is 3. The molecular formula is C48H57N3O14. The average molecular weight is 900 g/mol. The van der Waals surface area contributed by atoms with Crippen molar-refractivity contribution < 1.29 is 57.8 Å². The lowest BCUT2D eigenvalue weighted by atomic mass is 9.80. The van der Waals surface area contributed by atoms with Gasteiger partial charge in [-0.05, 0) is 38.2 Å². The van der Waals surface area contributed by atoms with Crippen LogP contribution in [-0.4, -0.2) is 94.4 Å². The number of allylic oxidation sites excluding steroid dienone is 2. The Balaban J connectivity index is 1.61. The number of anilines is 1. The zero-order valence-electron chi connectivity index (χ0n) is 38.4. The SMILES string of the molecule is CO[C@H]1/C=C/O[C@@]2(C)Oc3c(C)c(O)c4c(=O)c(c5oc6cc(OCCN(C)C(C)=O)cc(=O)c6nc5c4c3=C2O)NC(=O)/C(C)=C\C=C\[C@H](C)[C@H](O)[C@@H](C)C[C@@H](C)[C@H](OC(C)=O)[C@@H]1C. The summed E-state index contributed by atoms with van der Waals surface area (Å²) in [6.07, 6.45) is 6.02. The molecule has 0 radical (unpaired) electrons. The van der Waals surface area contributed by atoms with Crippen molar-refractivity contribution in [1.82, 2.24) is 9.88 Å². The van der Waals surface area contributed by atoms with Crippen LogP contribution >= 0.6 is 0 Å². The number of benzene rings is 3. The monoisotopic (exact) mass is 899 g/mol. The van der Waals surface area contributed by atoms with E-state index in [1.54, 1.807) is 25.3 Å². The first-order chi connectivity index (χ1) is 30.6. The fraction of sp³-hybridized carbons (Fsp3) is 0.458. The number of ether oxygens (including phenoxy) is 5. The maximum atomic E-state index is 14.7. The van der Waals surface area contributed by atoms with Crippen LogP contribution in [0.2, 0.25) is 0 Å². The number of phenols is 1. The van der Waals surface area contributed by atoms with Crippen LogP contribution in [0.3, 0.4) is 0 Å². The van der Waals surface area contributed by atoms with E-state index in [9.17, 15) is 39.3 Å². The second kappa shape index (κ2) is 18.9. The van der Waals surface area contributed by atoms with E-state index in [-0.39, 0.29) is 97.6 Å². The largest absolute Gasteiger partial charge is 0.507 e. The van der Waals surface area contributed by atoms with E-state index in [4.69, 9.17) is 28.1 Å². The van der Waals surface area contributed by atoms with E-state index in [0.717, 1.165) is 0 Å². The second-order valence-corrected chi connectivity index (χ2v) is 17.3. The molecule has 4 N–H and O–H groups in total. The molecule has 0 saturated carbocycles. The van der Waals surface area contributed by atoms with Gasteiger partial charge in [0, 0.05) is 75.4 Å². The Labute approximate surface area is 374 Å². The third-order valence-corrected chi connectivity index (χ3v) is 12.4. The molecule has 0 aliphatic carbocycles. The Morgan fingerprint density at radius 2 is 1.72 bits per heavy atom. The number of carbonyl (C=O) groups is 3. The van der Waals surface area contributed by atoms with Crippen molar-refractivity contribution in [1.29, 1.82) is 0 Å². The smallest absolute Gasteiger partial charge is 0.307 e. The third kappa shape index (κ3) is 9.38. The number of nitrogens with one attached hydrogen (secondary N) is 1. The van der Waals surface area contributed by atoms with Gasteiger partial charge in [-0.1, -0.05) is 45.9 Å². The molecule has 0 fully saturated rings. The average Bonchev–Trinajstić information content (AvgIpc) is 3.51. The number of aromatic nitrogens is 1. The predicted octanol–water partition coefficient (Wildman–Crippen LogP) is 5.45. The Kier molecular flexibility index (Phi) is 14.0. The number of esters is 1. The second-order valence-electron chi connectivity index (χ2n) is 17.3. The fourth-order valence-corrected chi connectivity index (χ4v) is 8.48. The van der Waals surface area contributed by atoms with Gasteiger partial charge in [0.05, 0.1) is 35.6 Å². The normalized spacial score (nSPS) is 27.1. The number of likely N-dealkylation sites (N-methyl/N-ethyl adjacent to an activating group) is 1. The predicted molar refractivity (Wildman–Crippen MR) is 242 cm³/mol. The van der Waals surface area contributed by atoms with E-state index >= 15 is 0 Å². The number of nitrogens with zero attached hydrogens (tertiary/aromatic N) is 2. The molecule has 0 saturated heterocycles. The molecule has 17 nitrogen and oxygen atoms in total. The van der Waals surface area contributed by atoms with E-state index < -0.39 is 69.9 Å². The van der Waals surface area contributed by atoms with Crippen molar-refractivity contribution in [2.24, 2.45) is 23.7 Å². The molecule has 0 unspecified atom stereocenters. The number of hydrogen-bond acceptors (Lipinski definition) is 15. The van der Waals surface area contributed by atoms with Crippen molar-refractivity contribution in [2.75, 3.05) is 32.6 Å². The minimum absolute atomic E-state index is 0.0323. The number of aliphatic hydroxyl groups is 2. The summed E-state index contributed by atoms with van der Waals surface area (Å²) in [5, 5.41) is 37.3. The number of phenolic OH excluding ortho intramolecular Hbond substituents is 1. The molecule has 348 valence electrons. The number of aliphatic hydroxyl groups excluding tert-OH is 2. The first-order valence-electron chi connectivity index (χ1n) is 21.4. The molecule has 6 rings (SSSR count). The van der Waals surface area contributed by atoms with Crippen LogP contribution in [0.1, 0.15) is 67.4 Å². The summed E-state index contributed by atoms with van der Waals surface area (Å²) in [5.74, 6) is -5.74. The minimum Gasteiger partial charge on any atom is -0.507 e. The van der Waals surface area contributed by atoms with Crippen LogP contribution in [0.25, 0.3) is 38.7 Å². The number of aromatic hydroxyl groups is 1. The molecule has 4 bridgehead atoms. The van der Waals surface area contributed by atoms with Gasteiger partial charge in [0.25, 0.3) is 5.91 Å². The highest BCUT2D eigenvalue weighted by molar-refractivity contribution is 6.16. The fourth-order valence-electron chi connectivity index (χ4n) is 8.48. The molecule has 65 heavy (non-hydrogen) atoms. The van der Waals surface area contributed by atoms with Gasteiger partial charge in [-0.15, -0.1) is 0 Å². The van der Waals surface area contributed by atoms with Crippen LogP contribution in [0.5, 0.6) is 17.2 Å². The number of amides is 2. The molecule has 4 aromatic rings. The van der Waals surface area contributed by atoms with Gasteiger partial charge < -0.3 is 53.6 Å². The van der Waals surface area contributed by atoms with E-state index in [1.807, 2.05) is 27.7 Å². The highest BCUT2D eigenvalue weighted by atomic mass is 16.7. The van der Waals surface area contributed by atoms with Crippen LogP contribution in [0.4, 0.5) is 5.69 Å². The molecule has 3 aromatic carbocycles. The standard InChI is InChI=1S/C48H57N3O14/c1-22-13-12-14-23(2)47(59)50-39-42(57)35-34(38-45(39)64-33-21-30(20-31(54)37(33)49-38)61-18-16-51(10)28(7)52)36-44(27(6)41(35)56)65-48(9,46(36)58)62-17-15-32(60-11)26(5)43(63-29(8)53)25(4)19-24(3)40(22)55/h12-15,17,20-22,24-26,32,40,43,55-56,58H,16,18-19H2,1-11H3,(H,50,59)/b13-12+,17-15+,23-14-/t22-,24-,25+,26+,32-,40-,43-,48-/m0/s1. The van der Waals surface area contributed by atoms with Crippen LogP contribution in [0, 0.1) is 30.6 Å². The highest BCUT2D eigenvalue weighted by Crippen LogP contribution is 2.42. The minimum atomic E-state index is -1.97. The molecule has 1 aromatic heterocycles. The van der Waals surface area contributed by atoms with Crippen molar-refractivity contribution in [3.8, 4) is 17.2 Å². The third-order valence-electron chi connectivity index (χ3n) is 12.4. The summed E-state index contributed by atoms with van der Waals surface area (Å²) in [5.41, 5.74) is -2.61. The highest BCUT2D eigenvalue weighted by Gasteiger charge is 2.44. The van der Waals surface area contributed by atoms with Gasteiger partial charge in [0.2, 0.25) is 16.8 Å². The summed E-state index contributed by atoms with van der Waals surface area (Å²) < 4.78 is 36.2. The summed E-state index contributed by atoms with van der Waals surface area (Å²) in [7, 11) is 3.08. The molecule has 2 aliphatic rings. The molecule has 17 heteroatoms. The van der Waals surface area contributed by atoms with Gasteiger partial charge in [0.1, 0.15) is 41.2 Å². The van der Waals surface area contributed by atoms with Gasteiger partial charge in [-0.3, -0.25) is 24.0 Å². The molecule has 2 amide bonds. The van der Waals surface area contributed by atoms with Gasteiger partial charge in [0.15, 0.2) is 22.4 Å². The summed E-state index contributed by atoms with van der Waals surface area (Å²) in [6, 6.07) is 2.56. The summed E-state index contributed by atoms with van der Waals surface area (Å²) in [6.45, 7) is 14.9.